The molecule has 0 aliphatic carbocycles. The third kappa shape index (κ3) is 5.23. The van der Waals surface area contributed by atoms with E-state index in [1.165, 1.54) is 6.08 Å². The van der Waals surface area contributed by atoms with Crippen LogP contribution < -0.4 is 19.7 Å². The Kier molecular flexibility index (Phi) is 8.29. The van der Waals surface area contributed by atoms with E-state index in [9.17, 15) is 9.59 Å². The Hall–Kier alpha value is -3.38. The van der Waals surface area contributed by atoms with Gasteiger partial charge in [-0.05, 0) is 61.5 Å². The Balaban J connectivity index is 2.11. The third-order valence-corrected chi connectivity index (χ3v) is 5.78. The summed E-state index contributed by atoms with van der Waals surface area (Å²) in [4.78, 5) is 27.2. The summed E-state index contributed by atoms with van der Waals surface area (Å²) >= 11 is 17.6. The lowest BCUT2D eigenvalue weighted by atomic mass is 10.0. The summed E-state index contributed by atoms with van der Waals surface area (Å²) in [5.74, 6) is -0.542. The number of rotatable bonds is 8. The van der Waals surface area contributed by atoms with Gasteiger partial charge in [0.2, 0.25) is 0 Å². The molecule has 10 heteroatoms. The first-order valence-electron chi connectivity index (χ1n) is 10.1. The summed E-state index contributed by atoms with van der Waals surface area (Å²) in [6, 6.07) is 10.1. The van der Waals surface area contributed by atoms with Crippen molar-refractivity contribution < 1.29 is 19.1 Å². The lowest BCUT2D eigenvalue weighted by Crippen LogP contribution is -2.54. The van der Waals surface area contributed by atoms with Gasteiger partial charge in [-0.3, -0.25) is 19.8 Å². The molecule has 1 fully saturated rings. The van der Waals surface area contributed by atoms with Crippen LogP contribution in [0.3, 0.4) is 0 Å². The van der Waals surface area contributed by atoms with Crippen molar-refractivity contribution in [2.45, 2.75) is 13.3 Å². The van der Waals surface area contributed by atoms with Crippen molar-refractivity contribution in [3.05, 3.63) is 69.7 Å². The number of benzene rings is 2. The molecule has 3 rings (SSSR count). The highest BCUT2D eigenvalue weighted by Gasteiger charge is 2.35. The topological polar surface area (TPSA) is 91.7 Å². The Bertz CT molecular complexity index is 1250. The number of ether oxygens (including phenoxy) is 2. The van der Waals surface area contributed by atoms with Crippen LogP contribution in [0.2, 0.25) is 10.0 Å². The van der Waals surface area contributed by atoms with E-state index in [4.69, 9.17) is 50.2 Å². The monoisotopic (exact) mass is 515 g/mol. The molecule has 0 bridgehead atoms. The van der Waals surface area contributed by atoms with Gasteiger partial charge in [0.25, 0.3) is 11.8 Å². The van der Waals surface area contributed by atoms with Gasteiger partial charge < -0.3 is 9.47 Å². The third-order valence-electron chi connectivity index (χ3n) is 4.68. The molecule has 7 nitrogen and oxygen atoms in total. The molecule has 2 aromatic carbocycles. The van der Waals surface area contributed by atoms with Gasteiger partial charge in [0.05, 0.1) is 22.3 Å². The predicted octanol–water partition coefficient (Wildman–Crippen LogP) is 4.85. The molecule has 1 N–H and O–H groups in total. The van der Waals surface area contributed by atoms with Gasteiger partial charge in [-0.15, -0.1) is 6.58 Å². The summed E-state index contributed by atoms with van der Waals surface area (Å²) < 4.78 is 11.3. The first kappa shape index (κ1) is 25.2. The average Bonchev–Trinajstić information content (AvgIpc) is 2.79. The standard InChI is InChI=1S/C24H19Cl2N3O4S/c1-3-6-15-11-14(13-19(32-4-2)21(15)33-10-9-27)12-16-22(30)28-24(34)29(23(16)31)18-8-5-7-17(25)20(18)26/h3,5,7-8,11-13H,1,4,6,10H2,2H3,(H,28,30,34)/b16-12+. The highest BCUT2D eigenvalue weighted by Crippen LogP contribution is 2.36. The maximum absolute atomic E-state index is 13.3. The molecule has 2 aromatic rings. The molecule has 0 spiro atoms. The van der Waals surface area contributed by atoms with Crippen molar-refractivity contribution in [3.63, 3.8) is 0 Å². The molecule has 1 heterocycles. The van der Waals surface area contributed by atoms with Crippen LogP contribution in [0.1, 0.15) is 18.1 Å². The average molecular weight is 516 g/mol. The smallest absolute Gasteiger partial charge is 0.270 e. The molecule has 2 amide bonds. The van der Waals surface area contributed by atoms with Crippen molar-refractivity contribution >= 4 is 64.1 Å². The second-order valence-electron chi connectivity index (χ2n) is 6.91. The maximum atomic E-state index is 13.3. The maximum Gasteiger partial charge on any atom is 0.270 e. The number of nitrogens with one attached hydrogen (secondary N) is 1. The SMILES string of the molecule is C=CCc1cc(/C=C2\C(=O)NC(=S)N(c3cccc(Cl)c3Cl)C2=O)cc(OCC)c1OCC#N. The Labute approximate surface area is 212 Å². The van der Waals surface area contributed by atoms with E-state index >= 15 is 0 Å². The number of anilines is 1. The highest BCUT2D eigenvalue weighted by molar-refractivity contribution is 7.80. The number of thiocarbonyl (C=S) groups is 1. The van der Waals surface area contributed by atoms with Crippen LogP contribution in [0, 0.1) is 11.3 Å². The zero-order chi connectivity index (χ0) is 24.8. The molecule has 34 heavy (non-hydrogen) atoms. The van der Waals surface area contributed by atoms with Crippen LogP contribution in [0.15, 0.2) is 48.6 Å². The summed E-state index contributed by atoms with van der Waals surface area (Å²) in [5.41, 5.74) is 1.27. The molecule has 0 unspecified atom stereocenters. The van der Waals surface area contributed by atoms with E-state index in [1.807, 2.05) is 6.07 Å². The van der Waals surface area contributed by atoms with Crippen LogP contribution in [-0.2, 0) is 16.0 Å². The molecule has 174 valence electrons. The van der Waals surface area contributed by atoms with E-state index in [1.54, 1.807) is 43.3 Å². The number of nitriles is 1. The lowest BCUT2D eigenvalue weighted by Gasteiger charge is -2.29. The van der Waals surface area contributed by atoms with Gasteiger partial charge in [0, 0.05) is 5.56 Å². The van der Waals surface area contributed by atoms with Crippen LogP contribution in [0.5, 0.6) is 11.5 Å². The van der Waals surface area contributed by atoms with E-state index in [-0.39, 0.29) is 33.0 Å². The number of carbonyl (C=O) groups is 2. The van der Waals surface area contributed by atoms with Crippen molar-refractivity contribution in [2.24, 2.45) is 0 Å². The summed E-state index contributed by atoms with van der Waals surface area (Å²) in [6.45, 7) is 5.72. The minimum Gasteiger partial charge on any atom is -0.490 e. The zero-order valence-corrected chi connectivity index (χ0v) is 20.4. The number of carbonyl (C=O) groups excluding carboxylic acids is 2. The van der Waals surface area contributed by atoms with Crippen molar-refractivity contribution in [3.8, 4) is 17.6 Å². The quantitative estimate of drug-likeness (QED) is 0.233. The van der Waals surface area contributed by atoms with Gasteiger partial charge in [0.15, 0.2) is 23.2 Å². The molecule has 0 atom stereocenters. The molecule has 1 saturated heterocycles. The van der Waals surface area contributed by atoms with Gasteiger partial charge >= 0.3 is 0 Å². The highest BCUT2D eigenvalue weighted by atomic mass is 35.5. The second-order valence-corrected chi connectivity index (χ2v) is 8.08. The number of halogens is 2. The Morgan fingerprint density at radius 3 is 2.71 bits per heavy atom. The Morgan fingerprint density at radius 2 is 2.03 bits per heavy atom. The van der Waals surface area contributed by atoms with E-state index in [0.717, 1.165) is 4.90 Å². The van der Waals surface area contributed by atoms with Crippen LogP contribution >= 0.6 is 35.4 Å². The summed E-state index contributed by atoms with van der Waals surface area (Å²) in [7, 11) is 0. The lowest BCUT2D eigenvalue weighted by molar-refractivity contribution is -0.122. The molecule has 0 aromatic heterocycles. The number of amides is 2. The first-order valence-corrected chi connectivity index (χ1v) is 11.2. The molecule has 0 saturated carbocycles. The minimum absolute atomic E-state index is 0.112. The molecule has 1 aliphatic rings. The van der Waals surface area contributed by atoms with Crippen LogP contribution in [0.4, 0.5) is 5.69 Å². The van der Waals surface area contributed by atoms with Crippen molar-refractivity contribution in [1.82, 2.24) is 5.32 Å². The molecule has 1 aliphatic heterocycles. The molecular formula is C24H19Cl2N3O4S. The largest absolute Gasteiger partial charge is 0.490 e. The van der Waals surface area contributed by atoms with E-state index in [0.29, 0.717) is 35.7 Å². The van der Waals surface area contributed by atoms with Gasteiger partial charge in [-0.2, -0.15) is 5.26 Å². The fourth-order valence-electron chi connectivity index (χ4n) is 3.31. The van der Waals surface area contributed by atoms with Crippen molar-refractivity contribution in [2.75, 3.05) is 18.1 Å². The fraction of sp³-hybridized carbons (Fsp3) is 0.167. The Morgan fingerprint density at radius 1 is 1.26 bits per heavy atom. The van der Waals surface area contributed by atoms with E-state index < -0.39 is 11.8 Å². The van der Waals surface area contributed by atoms with Crippen LogP contribution in [0.25, 0.3) is 6.08 Å². The summed E-state index contributed by atoms with van der Waals surface area (Å²) in [5, 5.41) is 11.7. The number of hydrogen-bond acceptors (Lipinski definition) is 6. The number of nitrogens with zero attached hydrogens (tertiary/aromatic N) is 2. The summed E-state index contributed by atoms with van der Waals surface area (Å²) in [6.07, 6.45) is 3.50. The number of hydrogen-bond donors (Lipinski definition) is 1. The van der Waals surface area contributed by atoms with Gasteiger partial charge in [0.1, 0.15) is 11.6 Å². The predicted molar refractivity (Wildman–Crippen MR) is 135 cm³/mol. The fourth-order valence-corrected chi connectivity index (χ4v) is 3.97. The molecular weight excluding hydrogens is 497 g/mol. The number of allylic oxidation sites excluding steroid dienone is 1. The van der Waals surface area contributed by atoms with E-state index in [2.05, 4.69) is 11.9 Å². The van der Waals surface area contributed by atoms with Crippen LogP contribution in [-0.4, -0.2) is 30.1 Å². The second kappa shape index (κ2) is 11.2. The zero-order valence-electron chi connectivity index (χ0n) is 18.1. The minimum atomic E-state index is -0.661. The van der Waals surface area contributed by atoms with Crippen molar-refractivity contribution in [1.29, 1.82) is 5.26 Å². The van der Waals surface area contributed by atoms with Gasteiger partial charge in [-0.25, -0.2) is 0 Å². The van der Waals surface area contributed by atoms with Gasteiger partial charge in [-0.1, -0.05) is 35.3 Å². The molecule has 0 radical (unpaired) electrons. The normalized spacial score (nSPS) is 14.6. The first-order chi connectivity index (χ1) is 16.3.